The van der Waals surface area contributed by atoms with Gasteiger partial charge in [0.1, 0.15) is 17.7 Å². The van der Waals surface area contributed by atoms with Crippen molar-refractivity contribution in [2.75, 3.05) is 32.4 Å². The number of benzene rings is 1. The fourth-order valence-corrected chi connectivity index (χ4v) is 2.35. The lowest BCUT2D eigenvalue weighted by Gasteiger charge is -2.17. The highest BCUT2D eigenvalue weighted by Gasteiger charge is 2.07. The van der Waals surface area contributed by atoms with Crippen molar-refractivity contribution >= 4 is 16.0 Å². The number of aliphatic imine (C=N–C) groups is 1. The molecule has 136 valence electrons. The molecular formula is C15H25FN4O3S. The van der Waals surface area contributed by atoms with Crippen molar-refractivity contribution < 1.29 is 17.5 Å². The fourth-order valence-electron chi connectivity index (χ4n) is 1.74. The van der Waals surface area contributed by atoms with Gasteiger partial charge in [-0.3, -0.25) is 4.99 Å². The second kappa shape index (κ2) is 10.1. The molecule has 1 atom stereocenters. The molecule has 1 aromatic carbocycles. The number of sulfonamides is 1. The zero-order chi connectivity index (χ0) is 18.0. The molecule has 0 radical (unpaired) electrons. The van der Waals surface area contributed by atoms with Crippen molar-refractivity contribution in [3.63, 3.8) is 0 Å². The molecule has 0 spiro atoms. The van der Waals surface area contributed by atoms with Crippen LogP contribution >= 0.6 is 0 Å². The molecule has 1 aromatic rings. The summed E-state index contributed by atoms with van der Waals surface area (Å²) in [6, 6.07) is 5.82. The molecule has 1 unspecified atom stereocenters. The van der Waals surface area contributed by atoms with Crippen LogP contribution in [-0.2, 0) is 10.0 Å². The van der Waals surface area contributed by atoms with Crippen molar-refractivity contribution in [1.82, 2.24) is 15.4 Å². The SMILES string of the molecule is CCS(=O)(=O)NCCNC(=NC)NCC(C)Oc1ccc(F)cc1. The summed E-state index contributed by atoms with van der Waals surface area (Å²) in [6.07, 6.45) is -0.160. The van der Waals surface area contributed by atoms with Crippen LogP contribution in [0.1, 0.15) is 13.8 Å². The number of hydrogen-bond donors (Lipinski definition) is 3. The summed E-state index contributed by atoms with van der Waals surface area (Å²) in [7, 11) is -1.56. The maximum atomic E-state index is 12.8. The highest BCUT2D eigenvalue weighted by atomic mass is 32.2. The van der Waals surface area contributed by atoms with Crippen LogP contribution in [0.5, 0.6) is 5.75 Å². The first-order chi connectivity index (χ1) is 11.4. The molecule has 0 saturated heterocycles. The summed E-state index contributed by atoms with van der Waals surface area (Å²) in [5, 5.41) is 6.07. The van der Waals surface area contributed by atoms with Crippen molar-refractivity contribution in [3.05, 3.63) is 30.1 Å². The van der Waals surface area contributed by atoms with Gasteiger partial charge in [-0.1, -0.05) is 0 Å². The van der Waals surface area contributed by atoms with Gasteiger partial charge in [-0.25, -0.2) is 17.5 Å². The maximum absolute atomic E-state index is 12.8. The molecule has 0 fully saturated rings. The Kier molecular flexibility index (Phi) is 8.48. The number of ether oxygens (including phenoxy) is 1. The minimum Gasteiger partial charge on any atom is -0.489 e. The minimum atomic E-state index is -3.18. The number of nitrogens with zero attached hydrogens (tertiary/aromatic N) is 1. The van der Waals surface area contributed by atoms with Crippen LogP contribution < -0.4 is 20.1 Å². The number of rotatable bonds is 9. The van der Waals surface area contributed by atoms with E-state index in [0.29, 0.717) is 24.8 Å². The lowest BCUT2D eigenvalue weighted by atomic mass is 10.3. The van der Waals surface area contributed by atoms with E-state index >= 15 is 0 Å². The third-order valence-corrected chi connectivity index (χ3v) is 4.45. The Hall–Kier alpha value is -1.87. The van der Waals surface area contributed by atoms with E-state index in [1.165, 1.54) is 12.1 Å². The van der Waals surface area contributed by atoms with E-state index in [4.69, 9.17) is 4.74 Å². The van der Waals surface area contributed by atoms with E-state index in [-0.39, 0.29) is 24.2 Å². The molecular weight excluding hydrogens is 335 g/mol. The summed E-state index contributed by atoms with van der Waals surface area (Å²) < 4.78 is 43.5. The predicted octanol–water partition coefficient (Wildman–Crippen LogP) is 0.697. The first-order valence-electron chi connectivity index (χ1n) is 7.70. The quantitative estimate of drug-likeness (QED) is 0.342. The summed E-state index contributed by atoms with van der Waals surface area (Å²) >= 11 is 0. The highest BCUT2D eigenvalue weighted by Crippen LogP contribution is 2.12. The standard InChI is InChI=1S/C15H25FN4O3S/c1-4-24(21,22)20-10-9-18-15(17-3)19-11-12(2)23-14-7-5-13(16)6-8-14/h5-8,12,20H,4,9-11H2,1-3H3,(H2,17,18,19). The Morgan fingerprint density at radius 2 is 1.92 bits per heavy atom. The zero-order valence-electron chi connectivity index (χ0n) is 14.2. The molecule has 0 aliphatic heterocycles. The van der Waals surface area contributed by atoms with E-state index in [0.717, 1.165) is 0 Å². The molecule has 9 heteroatoms. The minimum absolute atomic E-state index is 0.0538. The van der Waals surface area contributed by atoms with Gasteiger partial charge >= 0.3 is 0 Å². The van der Waals surface area contributed by atoms with Crippen LogP contribution in [0.25, 0.3) is 0 Å². The molecule has 0 saturated carbocycles. The van der Waals surface area contributed by atoms with Gasteiger partial charge in [0.2, 0.25) is 10.0 Å². The van der Waals surface area contributed by atoms with Crippen molar-refractivity contribution in [2.45, 2.75) is 20.0 Å². The molecule has 7 nitrogen and oxygen atoms in total. The molecule has 0 bridgehead atoms. The van der Waals surface area contributed by atoms with E-state index < -0.39 is 10.0 Å². The number of nitrogens with one attached hydrogen (secondary N) is 3. The van der Waals surface area contributed by atoms with Crippen LogP contribution in [0, 0.1) is 5.82 Å². The fraction of sp³-hybridized carbons (Fsp3) is 0.533. The van der Waals surface area contributed by atoms with Gasteiger partial charge in [0.05, 0.1) is 12.3 Å². The number of halogens is 1. The van der Waals surface area contributed by atoms with Crippen LogP contribution in [0.15, 0.2) is 29.3 Å². The van der Waals surface area contributed by atoms with Crippen LogP contribution in [0.4, 0.5) is 4.39 Å². The van der Waals surface area contributed by atoms with E-state index in [1.54, 1.807) is 26.1 Å². The van der Waals surface area contributed by atoms with Crippen LogP contribution in [0.2, 0.25) is 0 Å². The lowest BCUT2D eigenvalue weighted by molar-refractivity contribution is 0.223. The maximum Gasteiger partial charge on any atom is 0.211 e. The lowest BCUT2D eigenvalue weighted by Crippen LogP contribution is -2.44. The molecule has 0 aliphatic carbocycles. The number of hydrogen-bond acceptors (Lipinski definition) is 4. The van der Waals surface area contributed by atoms with E-state index in [1.807, 2.05) is 6.92 Å². The topological polar surface area (TPSA) is 91.8 Å². The van der Waals surface area contributed by atoms with Gasteiger partial charge < -0.3 is 15.4 Å². The molecule has 3 N–H and O–H groups in total. The molecule has 1 rings (SSSR count). The molecule has 24 heavy (non-hydrogen) atoms. The second-order valence-corrected chi connectivity index (χ2v) is 7.16. The van der Waals surface area contributed by atoms with Gasteiger partial charge in [0, 0.05) is 20.1 Å². The largest absolute Gasteiger partial charge is 0.489 e. The molecule has 0 amide bonds. The Morgan fingerprint density at radius 3 is 2.50 bits per heavy atom. The first-order valence-corrected chi connectivity index (χ1v) is 9.35. The van der Waals surface area contributed by atoms with Gasteiger partial charge in [0.15, 0.2) is 5.96 Å². The van der Waals surface area contributed by atoms with Crippen molar-refractivity contribution in [3.8, 4) is 5.75 Å². The van der Waals surface area contributed by atoms with Gasteiger partial charge in [0.25, 0.3) is 0 Å². The third-order valence-electron chi connectivity index (χ3n) is 3.05. The van der Waals surface area contributed by atoms with E-state index in [2.05, 4.69) is 20.3 Å². The number of guanidine groups is 1. The zero-order valence-corrected chi connectivity index (χ0v) is 15.0. The van der Waals surface area contributed by atoms with Gasteiger partial charge in [-0.2, -0.15) is 0 Å². The monoisotopic (exact) mass is 360 g/mol. The Bertz CT molecular complexity index is 620. The smallest absolute Gasteiger partial charge is 0.211 e. The third kappa shape index (κ3) is 8.11. The van der Waals surface area contributed by atoms with Crippen molar-refractivity contribution in [2.24, 2.45) is 4.99 Å². The normalized spacial score (nSPS) is 13.4. The first kappa shape index (κ1) is 20.2. The summed E-state index contributed by atoms with van der Waals surface area (Å²) in [5.74, 6) is 0.873. The Morgan fingerprint density at radius 1 is 1.25 bits per heavy atom. The average Bonchev–Trinajstić information content (AvgIpc) is 2.56. The Labute approximate surface area is 142 Å². The van der Waals surface area contributed by atoms with E-state index in [9.17, 15) is 12.8 Å². The Balaban J connectivity index is 2.29. The van der Waals surface area contributed by atoms with Crippen LogP contribution in [-0.4, -0.2) is 52.9 Å². The molecule has 0 aromatic heterocycles. The average molecular weight is 360 g/mol. The second-order valence-electron chi connectivity index (χ2n) is 5.06. The summed E-state index contributed by atoms with van der Waals surface area (Å²) in [5.41, 5.74) is 0. The van der Waals surface area contributed by atoms with Gasteiger partial charge in [-0.15, -0.1) is 0 Å². The van der Waals surface area contributed by atoms with Crippen LogP contribution in [0.3, 0.4) is 0 Å². The summed E-state index contributed by atoms with van der Waals surface area (Å²) in [4.78, 5) is 4.04. The van der Waals surface area contributed by atoms with Gasteiger partial charge in [-0.05, 0) is 38.1 Å². The molecule has 0 aliphatic rings. The highest BCUT2D eigenvalue weighted by molar-refractivity contribution is 7.89. The predicted molar refractivity (Wildman–Crippen MR) is 93.3 cm³/mol. The van der Waals surface area contributed by atoms with Crippen molar-refractivity contribution in [1.29, 1.82) is 0 Å². The summed E-state index contributed by atoms with van der Waals surface area (Å²) in [6.45, 7) is 4.63. The molecule has 0 heterocycles.